The Balaban J connectivity index is 1.33. The van der Waals surface area contributed by atoms with Crippen molar-refractivity contribution in [3.63, 3.8) is 0 Å². The Kier molecular flexibility index (Phi) is 5.15. The quantitative estimate of drug-likeness (QED) is 0.730. The van der Waals surface area contributed by atoms with Gasteiger partial charge >= 0.3 is 0 Å². The molecule has 8 heteroatoms. The molecule has 5 rings (SSSR count). The van der Waals surface area contributed by atoms with E-state index in [4.69, 9.17) is 9.47 Å². The maximum atomic E-state index is 13.4. The van der Waals surface area contributed by atoms with Gasteiger partial charge in [-0.2, -0.15) is 0 Å². The van der Waals surface area contributed by atoms with Gasteiger partial charge in [0.05, 0.1) is 25.8 Å². The Morgan fingerprint density at radius 1 is 1.00 bits per heavy atom. The second-order valence-electron chi connectivity index (χ2n) is 8.88. The minimum Gasteiger partial charge on any atom is -0.497 e. The summed E-state index contributed by atoms with van der Waals surface area (Å²) in [6.45, 7) is 2.21. The van der Waals surface area contributed by atoms with Crippen LogP contribution < -0.4 is 19.9 Å². The summed E-state index contributed by atoms with van der Waals surface area (Å²) < 4.78 is 12.6. The third kappa shape index (κ3) is 3.43. The average Bonchev–Trinajstić information content (AvgIpc) is 3.20. The van der Waals surface area contributed by atoms with Gasteiger partial charge in [-0.25, -0.2) is 0 Å². The molecule has 32 heavy (non-hydrogen) atoms. The number of carbonyl (C=O) groups is 2. The highest BCUT2D eigenvalue weighted by molar-refractivity contribution is 6.01. The molecule has 0 N–H and O–H groups in total. The summed E-state index contributed by atoms with van der Waals surface area (Å²) in [6.07, 6.45) is 1.18. The van der Waals surface area contributed by atoms with Crippen LogP contribution in [0.3, 0.4) is 0 Å². The predicted octanol–water partition coefficient (Wildman–Crippen LogP) is 1.86. The maximum absolute atomic E-state index is 13.4. The summed E-state index contributed by atoms with van der Waals surface area (Å²) in [4.78, 5) is 42.0. The molecule has 0 spiro atoms. The molecule has 0 aliphatic carbocycles. The largest absolute Gasteiger partial charge is 0.497 e. The zero-order chi connectivity index (χ0) is 22.4. The number of hydrogen-bond donors (Lipinski definition) is 0. The normalized spacial score (nSPS) is 24.3. The Labute approximate surface area is 186 Å². The number of hydrogen-bond acceptors (Lipinski definition) is 5. The molecule has 168 valence electrons. The number of anilines is 1. The molecule has 3 aliphatic rings. The molecule has 2 fully saturated rings. The number of rotatable bonds is 4. The number of benzene rings is 1. The number of amides is 2. The second kappa shape index (κ2) is 8.00. The molecule has 0 saturated carbocycles. The lowest BCUT2D eigenvalue weighted by Crippen LogP contribution is -2.50. The molecule has 1 aromatic heterocycles. The van der Waals surface area contributed by atoms with Crippen LogP contribution in [0.15, 0.2) is 41.2 Å². The molecule has 2 bridgehead atoms. The number of likely N-dealkylation sites (tertiary alicyclic amines) is 1. The fourth-order valence-electron chi connectivity index (χ4n) is 5.45. The molecule has 8 nitrogen and oxygen atoms in total. The summed E-state index contributed by atoms with van der Waals surface area (Å²) in [5.74, 6) is 1.17. The van der Waals surface area contributed by atoms with E-state index in [0.29, 0.717) is 43.4 Å². The summed E-state index contributed by atoms with van der Waals surface area (Å²) in [7, 11) is 3.13. The molecule has 0 radical (unpaired) electrons. The Morgan fingerprint density at radius 3 is 2.62 bits per heavy atom. The number of pyridine rings is 1. The first-order valence-electron chi connectivity index (χ1n) is 11.0. The monoisotopic (exact) mass is 437 g/mol. The lowest BCUT2D eigenvalue weighted by atomic mass is 9.82. The van der Waals surface area contributed by atoms with Crippen LogP contribution in [0, 0.1) is 11.8 Å². The van der Waals surface area contributed by atoms with Crippen molar-refractivity contribution >= 4 is 17.5 Å². The molecule has 2 aromatic rings. The predicted molar refractivity (Wildman–Crippen MR) is 118 cm³/mol. The Bertz CT molecular complexity index is 1130. The summed E-state index contributed by atoms with van der Waals surface area (Å²) in [5.41, 5.74) is 1.69. The molecular formula is C24H27N3O5. The molecular weight excluding hydrogens is 410 g/mol. The van der Waals surface area contributed by atoms with Crippen LogP contribution in [-0.4, -0.2) is 55.1 Å². The van der Waals surface area contributed by atoms with Crippen LogP contribution in [0.25, 0.3) is 0 Å². The van der Waals surface area contributed by atoms with Gasteiger partial charge in [-0.1, -0.05) is 6.07 Å². The van der Waals surface area contributed by atoms with E-state index >= 15 is 0 Å². The maximum Gasteiger partial charge on any atom is 0.250 e. The topological polar surface area (TPSA) is 81.1 Å². The zero-order valence-electron chi connectivity index (χ0n) is 18.3. The van der Waals surface area contributed by atoms with E-state index in [-0.39, 0.29) is 41.5 Å². The molecule has 4 heterocycles. The minimum absolute atomic E-state index is 0.0229. The first-order valence-corrected chi connectivity index (χ1v) is 11.0. The van der Waals surface area contributed by atoms with Crippen LogP contribution in [0.4, 0.5) is 5.69 Å². The van der Waals surface area contributed by atoms with Crippen molar-refractivity contribution in [3.05, 3.63) is 52.4 Å². The van der Waals surface area contributed by atoms with Gasteiger partial charge in [0.2, 0.25) is 11.8 Å². The van der Waals surface area contributed by atoms with E-state index in [2.05, 4.69) is 0 Å². The first kappa shape index (κ1) is 20.6. The van der Waals surface area contributed by atoms with E-state index in [1.165, 1.54) is 0 Å². The van der Waals surface area contributed by atoms with Crippen LogP contribution in [-0.2, 0) is 16.1 Å². The van der Waals surface area contributed by atoms with Crippen molar-refractivity contribution in [3.8, 4) is 11.5 Å². The van der Waals surface area contributed by atoms with Gasteiger partial charge in [0.1, 0.15) is 11.5 Å². The van der Waals surface area contributed by atoms with Crippen molar-refractivity contribution in [2.24, 2.45) is 11.8 Å². The van der Waals surface area contributed by atoms with E-state index in [1.54, 1.807) is 49.5 Å². The highest BCUT2D eigenvalue weighted by atomic mass is 16.5. The third-order valence-electron chi connectivity index (χ3n) is 6.94. The number of ether oxygens (including phenoxy) is 2. The summed E-state index contributed by atoms with van der Waals surface area (Å²) >= 11 is 0. The van der Waals surface area contributed by atoms with Crippen molar-refractivity contribution in [2.75, 3.05) is 38.8 Å². The molecule has 3 atom stereocenters. The van der Waals surface area contributed by atoms with Gasteiger partial charge in [-0.3, -0.25) is 14.4 Å². The van der Waals surface area contributed by atoms with E-state index in [1.807, 2.05) is 15.5 Å². The van der Waals surface area contributed by atoms with Gasteiger partial charge in [0.25, 0.3) is 5.56 Å². The minimum atomic E-state index is -0.383. The summed E-state index contributed by atoms with van der Waals surface area (Å²) in [5, 5.41) is 0. The lowest BCUT2D eigenvalue weighted by molar-refractivity contribution is -0.138. The van der Waals surface area contributed by atoms with Crippen molar-refractivity contribution in [2.45, 2.75) is 25.3 Å². The van der Waals surface area contributed by atoms with Crippen molar-refractivity contribution in [1.29, 1.82) is 0 Å². The number of carbonyl (C=O) groups excluding carboxylic acids is 2. The molecule has 0 unspecified atom stereocenters. The number of nitrogens with zero attached hydrogens (tertiary/aromatic N) is 3. The molecule has 3 aliphatic heterocycles. The van der Waals surface area contributed by atoms with E-state index < -0.39 is 0 Å². The van der Waals surface area contributed by atoms with Crippen LogP contribution >= 0.6 is 0 Å². The van der Waals surface area contributed by atoms with Crippen molar-refractivity contribution < 1.29 is 19.1 Å². The van der Waals surface area contributed by atoms with Gasteiger partial charge in [0, 0.05) is 56.3 Å². The van der Waals surface area contributed by atoms with Crippen LogP contribution in [0.5, 0.6) is 11.5 Å². The SMILES string of the molecule is COc1ccc(N2C[C@@H](C(=O)N3C[C@@H]4C[C@H](C3)c3cccc(=O)n3C4)CC2=O)c(OC)c1. The number of fused-ring (bicyclic) bond motifs is 4. The standard InChI is InChI=1S/C24H27N3O5/c1-31-18-6-7-20(21(10-18)32-2)27-14-17(9-23(27)29)24(30)25-11-15-8-16(13-25)19-4-3-5-22(28)26(19)12-15/h3-7,10,15-17H,8-9,11-14H2,1-2H3/t15-,16+,17-/m0/s1. The van der Waals surface area contributed by atoms with Gasteiger partial charge in [-0.15, -0.1) is 0 Å². The van der Waals surface area contributed by atoms with Crippen LogP contribution in [0.2, 0.25) is 0 Å². The first-order chi connectivity index (χ1) is 15.5. The van der Waals surface area contributed by atoms with Gasteiger partial charge < -0.3 is 23.8 Å². The Morgan fingerprint density at radius 2 is 1.84 bits per heavy atom. The van der Waals surface area contributed by atoms with Gasteiger partial charge in [-0.05, 0) is 30.5 Å². The molecule has 2 amide bonds. The lowest BCUT2D eigenvalue weighted by Gasteiger charge is -2.43. The highest BCUT2D eigenvalue weighted by Crippen LogP contribution is 2.38. The second-order valence-corrected chi connectivity index (χ2v) is 8.88. The highest BCUT2D eigenvalue weighted by Gasteiger charge is 2.42. The smallest absolute Gasteiger partial charge is 0.250 e. The van der Waals surface area contributed by atoms with Gasteiger partial charge in [0.15, 0.2) is 0 Å². The van der Waals surface area contributed by atoms with Crippen LogP contribution in [0.1, 0.15) is 24.5 Å². The third-order valence-corrected chi connectivity index (χ3v) is 6.94. The number of methoxy groups -OCH3 is 2. The Hall–Kier alpha value is -3.29. The number of piperidine rings is 1. The number of aromatic nitrogens is 1. The van der Waals surface area contributed by atoms with E-state index in [0.717, 1.165) is 12.1 Å². The van der Waals surface area contributed by atoms with E-state index in [9.17, 15) is 14.4 Å². The average molecular weight is 437 g/mol. The fraction of sp³-hybridized carbons (Fsp3) is 0.458. The van der Waals surface area contributed by atoms with Crippen molar-refractivity contribution in [1.82, 2.24) is 9.47 Å². The summed E-state index contributed by atoms with van der Waals surface area (Å²) in [6, 6.07) is 10.7. The zero-order valence-corrected chi connectivity index (χ0v) is 18.3. The molecule has 2 saturated heterocycles. The fourth-order valence-corrected chi connectivity index (χ4v) is 5.45. The molecule has 1 aromatic carbocycles.